The monoisotopic (exact) mass is 564 g/mol. The van der Waals surface area contributed by atoms with Gasteiger partial charge in [0.25, 0.3) is 0 Å². The van der Waals surface area contributed by atoms with Gasteiger partial charge in [0, 0.05) is 29.6 Å². The largest absolute Gasteiger partial charge is 0.493 e. The number of hydrogen-bond donors (Lipinski definition) is 4. The van der Waals surface area contributed by atoms with Crippen LogP contribution in [0.3, 0.4) is 0 Å². The van der Waals surface area contributed by atoms with Gasteiger partial charge in [0.05, 0.1) is 14.2 Å². The van der Waals surface area contributed by atoms with Gasteiger partial charge in [0.1, 0.15) is 17.7 Å². The number of aromatic amines is 1. The maximum atomic E-state index is 13.4. The van der Waals surface area contributed by atoms with Crippen LogP contribution in [0.4, 0.5) is 4.79 Å². The first-order valence-electron chi connectivity index (χ1n) is 13.9. The number of methoxy groups -OCH3 is 2. The van der Waals surface area contributed by atoms with Crippen LogP contribution in [-0.2, 0) is 33.6 Å². The minimum absolute atomic E-state index is 0.0886. The number of rotatable bonds is 9. The van der Waals surface area contributed by atoms with Gasteiger partial charge < -0.3 is 35.1 Å². The number of amides is 3. The van der Waals surface area contributed by atoms with E-state index in [-0.39, 0.29) is 18.4 Å². The summed E-state index contributed by atoms with van der Waals surface area (Å²) in [5.41, 5.74) is 3.32. The van der Waals surface area contributed by atoms with E-state index in [0.717, 1.165) is 34.9 Å². The molecule has 3 atom stereocenters. The summed E-state index contributed by atoms with van der Waals surface area (Å²) in [4.78, 5) is 42.3. The zero-order valence-corrected chi connectivity index (χ0v) is 24.6. The molecule has 1 aliphatic rings. The lowest BCUT2D eigenvalue weighted by molar-refractivity contribution is -0.130. The number of para-hydroxylation sites is 1. The fourth-order valence-corrected chi connectivity index (χ4v) is 5.09. The van der Waals surface area contributed by atoms with Crippen LogP contribution in [0.2, 0.25) is 0 Å². The summed E-state index contributed by atoms with van der Waals surface area (Å²) < 4.78 is 16.3. The second kappa shape index (κ2) is 12.5. The summed E-state index contributed by atoms with van der Waals surface area (Å²) in [6.45, 7) is 6.89. The molecule has 10 nitrogen and oxygen atoms in total. The second-order valence-corrected chi connectivity index (χ2v) is 11.4. The van der Waals surface area contributed by atoms with E-state index in [0.29, 0.717) is 17.9 Å². The predicted molar refractivity (Wildman–Crippen MR) is 156 cm³/mol. The lowest BCUT2D eigenvalue weighted by Gasteiger charge is -2.28. The number of carbonyl (C=O) groups excluding carboxylic acids is 3. The molecule has 0 saturated carbocycles. The minimum atomic E-state index is -0.955. The number of H-pyrrole nitrogens is 1. The average Bonchev–Trinajstić information content (AvgIpc) is 3.33. The van der Waals surface area contributed by atoms with Crippen molar-refractivity contribution >= 4 is 28.8 Å². The molecule has 0 aliphatic heterocycles. The Kier molecular flexibility index (Phi) is 9.10. The van der Waals surface area contributed by atoms with Crippen molar-refractivity contribution in [3.8, 4) is 11.5 Å². The van der Waals surface area contributed by atoms with E-state index >= 15 is 0 Å². The molecule has 0 bridgehead atoms. The number of hydrogen-bond acceptors (Lipinski definition) is 6. The summed E-state index contributed by atoms with van der Waals surface area (Å²) in [7, 11) is 3.21. The lowest BCUT2D eigenvalue weighted by atomic mass is 9.87. The standard InChI is InChI=1S/C31H40N4O6/c1-18(28(36)34-22-12-11-19-15-26(39-5)27(40-6)16-20(19)13-22)33-29(37)25(35-30(38)41-31(2,3)4)14-21-17-32-24-10-8-7-9-23(21)24/h7-10,15-18,22,25,32H,11-14H2,1-6H3,(H,33,37)(H,34,36)(H,35,38)/t18-,22?,25-/m0/s1. The van der Waals surface area contributed by atoms with Crippen LogP contribution < -0.4 is 25.4 Å². The Morgan fingerprint density at radius 1 is 1.00 bits per heavy atom. The molecule has 2 aromatic carbocycles. The van der Waals surface area contributed by atoms with Crippen LogP contribution in [0, 0.1) is 0 Å². The lowest BCUT2D eigenvalue weighted by Crippen LogP contribution is -2.55. The Balaban J connectivity index is 1.42. The molecule has 41 heavy (non-hydrogen) atoms. The summed E-state index contributed by atoms with van der Waals surface area (Å²) in [6.07, 6.45) is 3.53. The van der Waals surface area contributed by atoms with Gasteiger partial charge in [-0.1, -0.05) is 18.2 Å². The number of alkyl carbamates (subject to hydrolysis) is 1. The minimum Gasteiger partial charge on any atom is -0.493 e. The first kappa shape index (κ1) is 29.8. The zero-order chi connectivity index (χ0) is 29.7. The van der Waals surface area contributed by atoms with E-state index in [9.17, 15) is 14.4 Å². The highest BCUT2D eigenvalue weighted by molar-refractivity contribution is 5.92. The van der Waals surface area contributed by atoms with E-state index < -0.39 is 29.7 Å². The number of aromatic nitrogens is 1. The summed E-state index contributed by atoms with van der Waals surface area (Å²) in [5, 5.41) is 9.50. The van der Waals surface area contributed by atoms with Gasteiger partial charge in [-0.05, 0) is 81.8 Å². The zero-order valence-electron chi connectivity index (χ0n) is 24.6. The summed E-state index contributed by atoms with van der Waals surface area (Å²) in [6, 6.07) is 9.81. The van der Waals surface area contributed by atoms with E-state index in [4.69, 9.17) is 14.2 Å². The summed E-state index contributed by atoms with van der Waals surface area (Å²) >= 11 is 0. The maximum absolute atomic E-state index is 13.4. The van der Waals surface area contributed by atoms with Gasteiger partial charge >= 0.3 is 6.09 Å². The van der Waals surface area contributed by atoms with Crippen LogP contribution in [0.1, 0.15) is 50.8 Å². The van der Waals surface area contributed by atoms with E-state index in [1.165, 1.54) is 5.56 Å². The molecule has 4 rings (SSSR count). The molecule has 1 aliphatic carbocycles. The van der Waals surface area contributed by atoms with Crippen molar-refractivity contribution < 1.29 is 28.6 Å². The van der Waals surface area contributed by atoms with Crippen LogP contribution in [0.5, 0.6) is 11.5 Å². The third-order valence-corrected chi connectivity index (χ3v) is 7.14. The molecular weight excluding hydrogens is 524 g/mol. The molecule has 1 aromatic heterocycles. The normalized spacial score (nSPS) is 16.2. The van der Waals surface area contributed by atoms with Crippen molar-refractivity contribution in [3.63, 3.8) is 0 Å². The number of benzene rings is 2. The Morgan fingerprint density at radius 2 is 1.68 bits per heavy atom. The molecule has 4 N–H and O–H groups in total. The Bertz CT molecular complexity index is 1410. The highest BCUT2D eigenvalue weighted by atomic mass is 16.6. The van der Waals surface area contributed by atoms with Gasteiger partial charge in [-0.15, -0.1) is 0 Å². The highest BCUT2D eigenvalue weighted by Crippen LogP contribution is 2.34. The maximum Gasteiger partial charge on any atom is 0.408 e. The third kappa shape index (κ3) is 7.50. The van der Waals surface area contributed by atoms with Crippen LogP contribution in [-0.4, -0.2) is 60.8 Å². The molecule has 0 spiro atoms. The molecule has 0 fully saturated rings. The quantitative estimate of drug-likeness (QED) is 0.313. The molecule has 3 amide bonds. The first-order chi connectivity index (χ1) is 19.5. The van der Waals surface area contributed by atoms with Gasteiger partial charge in [0.2, 0.25) is 11.8 Å². The van der Waals surface area contributed by atoms with Crippen molar-refractivity contribution in [1.29, 1.82) is 0 Å². The van der Waals surface area contributed by atoms with Crippen molar-refractivity contribution in [2.45, 2.75) is 77.1 Å². The number of fused-ring (bicyclic) bond motifs is 2. The molecule has 1 unspecified atom stereocenters. The van der Waals surface area contributed by atoms with E-state index in [1.54, 1.807) is 41.9 Å². The molecule has 220 valence electrons. The van der Waals surface area contributed by atoms with Crippen molar-refractivity contribution in [3.05, 3.63) is 59.3 Å². The molecule has 10 heteroatoms. The Labute approximate surface area is 240 Å². The molecule has 0 saturated heterocycles. The number of ether oxygens (including phenoxy) is 3. The van der Waals surface area contributed by atoms with Crippen LogP contribution >= 0.6 is 0 Å². The van der Waals surface area contributed by atoms with Gasteiger partial charge in [-0.3, -0.25) is 9.59 Å². The van der Waals surface area contributed by atoms with Crippen molar-refractivity contribution in [1.82, 2.24) is 20.9 Å². The highest BCUT2D eigenvalue weighted by Gasteiger charge is 2.29. The first-order valence-corrected chi connectivity index (χ1v) is 13.9. The van der Waals surface area contributed by atoms with Gasteiger partial charge in [-0.25, -0.2) is 4.79 Å². The molecule has 0 radical (unpaired) electrons. The van der Waals surface area contributed by atoms with Crippen LogP contribution in [0.15, 0.2) is 42.6 Å². The number of aryl methyl sites for hydroxylation is 1. The topological polar surface area (TPSA) is 131 Å². The smallest absolute Gasteiger partial charge is 0.408 e. The number of carbonyl (C=O) groups is 3. The molecule has 3 aromatic rings. The van der Waals surface area contributed by atoms with Gasteiger partial charge in [-0.2, -0.15) is 0 Å². The third-order valence-electron chi connectivity index (χ3n) is 7.14. The fraction of sp³-hybridized carbons (Fsp3) is 0.452. The summed E-state index contributed by atoms with van der Waals surface area (Å²) in [5.74, 6) is 0.565. The fourth-order valence-electron chi connectivity index (χ4n) is 5.09. The second-order valence-electron chi connectivity index (χ2n) is 11.4. The average molecular weight is 565 g/mol. The molecular formula is C31H40N4O6. The SMILES string of the molecule is COc1cc2c(cc1OC)CC(NC(=O)[C@H](C)NC(=O)[C@H](Cc1c[nH]c3ccccc13)NC(=O)OC(C)(C)C)CC2. The van der Waals surface area contributed by atoms with Crippen LogP contribution in [0.25, 0.3) is 10.9 Å². The van der Waals surface area contributed by atoms with E-state index in [1.807, 2.05) is 42.6 Å². The Hall–Kier alpha value is -4.21. The number of nitrogens with one attached hydrogen (secondary N) is 4. The Morgan fingerprint density at radius 3 is 2.37 bits per heavy atom. The molecule has 1 heterocycles. The predicted octanol–water partition coefficient (Wildman–Crippen LogP) is 3.80. The van der Waals surface area contributed by atoms with Gasteiger partial charge in [0.15, 0.2) is 11.5 Å². The van der Waals surface area contributed by atoms with Crippen molar-refractivity contribution in [2.75, 3.05) is 14.2 Å². The van der Waals surface area contributed by atoms with E-state index in [2.05, 4.69) is 20.9 Å². The van der Waals surface area contributed by atoms with Crippen molar-refractivity contribution in [2.24, 2.45) is 0 Å².